The van der Waals surface area contributed by atoms with Gasteiger partial charge in [-0.15, -0.1) is 0 Å². The molecule has 94 valence electrons. The average Bonchev–Trinajstić information content (AvgIpc) is 2.54. The van der Waals surface area contributed by atoms with Crippen LogP contribution in [-0.2, 0) is 7.05 Å². The highest BCUT2D eigenvalue weighted by atomic mass is 35.5. The van der Waals surface area contributed by atoms with Gasteiger partial charge in [0.2, 0.25) is 0 Å². The SMILES string of the molecule is Cc1c(Cl)c(=S)n(-c2ccc([N+](=O)[O-])cc2)n1C. The molecule has 1 aromatic carbocycles. The molecule has 0 aliphatic rings. The fourth-order valence-corrected chi connectivity index (χ4v) is 2.26. The summed E-state index contributed by atoms with van der Waals surface area (Å²) in [5.41, 5.74) is 1.63. The zero-order valence-electron chi connectivity index (χ0n) is 9.75. The van der Waals surface area contributed by atoms with Crippen molar-refractivity contribution in [2.75, 3.05) is 0 Å². The van der Waals surface area contributed by atoms with Crippen LogP contribution in [0.15, 0.2) is 24.3 Å². The second-order valence-corrected chi connectivity index (χ2v) is 4.58. The monoisotopic (exact) mass is 283 g/mol. The first-order chi connectivity index (χ1) is 8.43. The van der Waals surface area contributed by atoms with E-state index < -0.39 is 4.92 Å². The van der Waals surface area contributed by atoms with E-state index in [1.165, 1.54) is 12.1 Å². The number of non-ortho nitro benzene ring substituents is 1. The summed E-state index contributed by atoms with van der Waals surface area (Å²) in [6, 6.07) is 6.16. The lowest BCUT2D eigenvalue weighted by Gasteiger charge is -2.08. The van der Waals surface area contributed by atoms with Crippen LogP contribution in [0, 0.1) is 21.7 Å². The van der Waals surface area contributed by atoms with Crippen LogP contribution in [-0.4, -0.2) is 14.3 Å². The normalized spacial score (nSPS) is 10.6. The maximum Gasteiger partial charge on any atom is 0.269 e. The number of nitrogens with zero attached hydrogens (tertiary/aromatic N) is 3. The Kier molecular flexibility index (Phi) is 3.23. The number of nitro benzene ring substituents is 1. The smallest absolute Gasteiger partial charge is 0.269 e. The van der Waals surface area contributed by atoms with Gasteiger partial charge in [0.1, 0.15) is 4.64 Å². The van der Waals surface area contributed by atoms with Crippen LogP contribution >= 0.6 is 23.8 Å². The van der Waals surface area contributed by atoms with Crippen molar-refractivity contribution in [3.05, 3.63) is 49.7 Å². The Morgan fingerprint density at radius 1 is 1.33 bits per heavy atom. The van der Waals surface area contributed by atoms with Crippen LogP contribution in [0.2, 0.25) is 5.02 Å². The van der Waals surface area contributed by atoms with Crippen LogP contribution in [0.1, 0.15) is 5.69 Å². The topological polar surface area (TPSA) is 53.0 Å². The van der Waals surface area contributed by atoms with Crippen molar-refractivity contribution >= 4 is 29.5 Å². The number of benzene rings is 1. The zero-order chi connectivity index (χ0) is 13.4. The molecule has 0 saturated carbocycles. The average molecular weight is 284 g/mol. The molecule has 5 nitrogen and oxygen atoms in total. The van der Waals surface area contributed by atoms with Gasteiger partial charge < -0.3 is 0 Å². The molecule has 0 aliphatic heterocycles. The van der Waals surface area contributed by atoms with E-state index in [-0.39, 0.29) is 5.69 Å². The molecule has 0 bridgehead atoms. The summed E-state index contributed by atoms with van der Waals surface area (Å²) in [5.74, 6) is 0. The van der Waals surface area contributed by atoms with Gasteiger partial charge >= 0.3 is 0 Å². The Labute approximate surface area is 113 Å². The first-order valence-electron chi connectivity index (χ1n) is 5.12. The lowest BCUT2D eigenvalue weighted by Crippen LogP contribution is -2.07. The summed E-state index contributed by atoms with van der Waals surface area (Å²) < 4.78 is 4.04. The van der Waals surface area contributed by atoms with E-state index in [0.29, 0.717) is 9.66 Å². The second kappa shape index (κ2) is 4.55. The Balaban J connectivity index is 2.60. The van der Waals surface area contributed by atoms with Gasteiger partial charge in [0, 0.05) is 19.2 Å². The summed E-state index contributed by atoms with van der Waals surface area (Å²) in [5, 5.41) is 11.1. The van der Waals surface area contributed by atoms with Gasteiger partial charge in [-0.1, -0.05) is 23.8 Å². The van der Waals surface area contributed by atoms with Crippen molar-refractivity contribution in [3.8, 4) is 5.69 Å². The molecule has 0 unspecified atom stereocenters. The summed E-state index contributed by atoms with van der Waals surface area (Å²) in [7, 11) is 1.83. The number of aromatic nitrogens is 2. The molecule has 0 fully saturated rings. The highest BCUT2D eigenvalue weighted by Gasteiger charge is 2.12. The molecule has 0 N–H and O–H groups in total. The van der Waals surface area contributed by atoms with Crippen LogP contribution in [0.4, 0.5) is 5.69 Å². The van der Waals surface area contributed by atoms with Gasteiger partial charge in [0.25, 0.3) is 5.69 Å². The van der Waals surface area contributed by atoms with E-state index in [2.05, 4.69) is 0 Å². The fraction of sp³-hybridized carbons (Fsp3) is 0.182. The molecule has 2 aromatic rings. The van der Waals surface area contributed by atoms with Gasteiger partial charge in [0.15, 0.2) is 0 Å². The predicted molar refractivity (Wildman–Crippen MR) is 72.0 cm³/mol. The summed E-state index contributed by atoms with van der Waals surface area (Å²) in [6.07, 6.45) is 0. The molecule has 7 heteroatoms. The molecular formula is C11H10ClN3O2S. The van der Waals surface area contributed by atoms with E-state index in [0.717, 1.165) is 11.4 Å². The van der Waals surface area contributed by atoms with Crippen molar-refractivity contribution in [1.29, 1.82) is 0 Å². The third-order valence-electron chi connectivity index (χ3n) is 2.79. The zero-order valence-corrected chi connectivity index (χ0v) is 11.3. The maximum absolute atomic E-state index is 10.6. The van der Waals surface area contributed by atoms with Crippen molar-refractivity contribution < 1.29 is 4.92 Å². The van der Waals surface area contributed by atoms with Crippen LogP contribution in [0.25, 0.3) is 5.69 Å². The first-order valence-corrected chi connectivity index (χ1v) is 5.91. The Morgan fingerprint density at radius 2 is 1.89 bits per heavy atom. The van der Waals surface area contributed by atoms with Crippen LogP contribution < -0.4 is 0 Å². The minimum Gasteiger partial charge on any atom is -0.286 e. The van der Waals surface area contributed by atoms with E-state index in [4.69, 9.17) is 23.8 Å². The van der Waals surface area contributed by atoms with Gasteiger partial charge in [-0.05, 0) is 19.1 Å². The lowest BCUT2D eigenvalue weighted by atomic mass is 10.3. The molecule has 2 rings (SSSR count). The predicted octanol–water partition coefficient (Wildman–Crippen LogP) is 3.42. The fourth-order valence-electron chi connectivity index (χ4n) is 1.68. The quantitative estimate of drug-likeness (QED) is 0.482. The van der Waals surface area contributed by atoms with Crippen molar-refractivity contribution in [3.63, 3.8) is 0 Å². The second-order valence-electron chi connectivity index (χ2n) is 3.81. The number of nitro groups is 1. The number of rotatable bonds is 2. The standard InChI is InChI=1S/C11H10ClN3O2S/c1-7-10(12)11(18)14(13(7)2)8-3-5-9(6-4-8)15(16)17/h3-6H,1-2H3. The first kappa shape index (κ1) is 12.8. The molecule has 0 aliphatic carbocycles. The highest BCUT2D eigenvalue weighted by molar-refractivity contribution is 7.71. The third-order valence-corrected chi connectivity index (χ3v) is 3.73. The van der Waals surface area contributed by atoms with Gasteiger partial charge in [-0.2, -0.15) is 0 Å². The third kappa shape index (κ3) is 1.93. The van der Waals surface area contributed by atoms with E-state index >= 15 is 0 Å². The van der Waals surface area contributed by atoms with Gasteiger partial charge in [-0.25, -0.2) is 4.68 Å². The summed E-state index contributed by atoms with van der Waals surface area (Å²) in [6.45, 7) is 1.86. The highest BCUT2D eigenvalue weighted by Crippen LogP contribution is 2.23. The van der Waals surface area contributed by atoms with Crippen LogP contribution in [0.5, 0.6) is 0 Å². The largest absolute Gasteiger partial charge is 0.286 e. The van der Waals surface area contributed by atoms with Gasteiger partial charge in [0.05, 0.1) is 21.3 Å². The van der Waals surface area contributed by atoms with E-state index in [1.54, 1.807) is 16.8 Å². The Hall–Kier alpha value is -1.66. The number of halogens is 1. The number of hydrogen-bond acceptors (Lipinski definition) is 3. The van der Waals surface area contributed by atoms with Crippen molar-refractivity contribution in [2.24, 2.45) is 7.05 Å². The molecule has 0 amide bonds. The molecule has 1 heterocycles. The van der Waals surface area contributed by atoms with Crippen molar-refractivity contribution in [1.82, 2.24) is 9.36 Å². The molecule has 0 saturated heterocycles. The molecule has 1 aromatic heterocycles. The van der Waals surface area contributed by atoms with Crippen molar-refractivity contribution in [2.45, 2.75) is 6.92 Å². The van der Waals surface area contributed by atoms with E-state index in [1.807, 2.05) is 18.7 Å². The van der Waals surface area contributed by atoms with E-state index in [9.17, 15) is 10.1 Å². The molecular weight excluding hydrogens is 274 g/mol. The molecule has 0 spiro atoms. The van der Waals surface area contributed by atoms with Crippen LogP contribution in [0.3, 0.4) is 0 Å². The summed E-state index contributed by atoms with van der Waals surface area (Å²) in [4.78, 5) is 10.2. The lowest BCUT2D eigenvalue weighted by molar-refractivity contribution is -0.384. The number of hydrogen-bond donors (Lipinski definition) is 0. The molecule has 0 radical (unpaired) electrons. The Morgan fingerprint density at radius 3 is 2.28 bits per heavy atom. The minimum absolute atomic E-state index is 0.0438. The maximum atomic E-state index is 10.6. The molecule has 0 atom stereocenters. The summed E-state index contributed by atoms with van der Waals surface area (Å²) >= 11 is 11.3. The minimum atomic E-state index is -0.438. The van der Waals surface area contributed by atoms with Gasteiger partial charge in [-0.3, -0.25) is 14.8 Å². The molecule has 18 heavy (non-hydrogen) atoms. The Bertz CT molecular complexity index is 673.